The van der Waals surface area contributed by atoms with Crippen LogP contribution in [0.3, 0.4) is 0 Å². The molecule has 2 aliphatic rings. The topological polar surface area (TPSA) is 156 Å². The van der Waals surface area contributed by atoms with Gasteiger partial charge in [-0.2, -0.15) is 0 Å². The van der Waals surface area contributed by atoms with Gasteiger partial charge in [0.25, 0.3) is 5.91 Å². The predicted molar refractivity (Wildman–Crippen MR) is 111 cm³/mol. The lowest BCUT2D eigenvalue weighted by Crippen LogP contribution is -2.48. The number of carbonyl (C=O) groups excluding carboxylic acids is 2. The summed E-state index contributed by atoms with van der Waals surface area (Å²) in [4.78, 5) is 31.4. The van der Waals surface area contributed by atoms with Gasteiger partial charge in [0, 0.05) is 31.9 Å². The number of anilines is 1. The van der Waals surface area contributed by atoms with E-state index in [4.69, 9.17) is 15.2 Å². The summed E-state index contributed by atoms with van der Waals surface area (Å²) < 4.78 is 12.0. The van der Waals surface area contributed by atoms with Crippen molar-refractivity contribution in [2.75, 3.05) is 44.2 Å². The number of primary amides is 1. The summed E-state index contributed by atoms with van der Waals surface area (Å²) in [5.41, 5.74) is 6.27. The van der Waals surface area contributed by atoms with Gasteiger partial charge in [0.05, 0.1) is 6.54 Å². The number of amides is 1. The summed E-state index contributed by atoms with van der Waals surface area (Å²) in [7, 11) is 0. The number of nitrogens with zero attached hydrogens (tertiary/aromatic N) is 5. The van der Waals surface area contributed by atoms with E-state index in [0.29, 0.717) is 0 Å². The van der Waals surface area contributed by atoms with Gasteiger partial charge in [-0.15, -0.1) is 5.10 Å². The Labute approximate surface area is 184 Å². The number of rotatable bonds is 7. The first-order chi connectivity index (χ1) is 15.4. The summed E-state index contributed by atoms with van der Waals surface area (Å²) in [5, 5.41) is 24.3. The average Bonchev–Trinajstić information content (AvgIpc) is 3.39. The maximum Gasteiger partial charge on any atom is 0.320 e. The number of nitrogens with two attached hydrogens (primary N) is 1. The Kier molecular flexibility index (Phi) is 6.65. The molecule has 1 amide bonds. The minimum absolute atomic E-state index is 0.127. The molecule has 3 heterocycles. The lowest BCUT2D eigenvalue weighted by molar-refractivity contribution is -0.151. The molecule has 1 aromatic carbocycles. The summed E-state index contributed by atoms with van der Waals surface area (Å²) >= 11 is 0. The van der Waals surface area contributed by atoms with Gasteiger partial charge in [-0.3, -0.25) is 14.5 Å². The van der Waals surface area contributed by atoms with Crippen molar-refractivity contribution in [3.8, 4) is 0 Å². The van der Waals surface area contributed by atoms with Crippen LogP contribution in [0.1, 0.15) is 16.8 Å². The van der Waals surface area contributed by atoms with Crippen LogP contribution in [0.25, 0.3) is 0 Å². The Balaban J connectivity index is 1.23. The second-order valence-electron chi connectivity index (χ2n) is 7.74. The Morgan fingerprint density at radius 2 is 1.84 bits per heavy atom. The lowest BCUT2D eigenvalue weighted by atomic mass is 10.1. The van der Waals surface area contributed by atoms with Gasteiger partial charge in [0.2, 0.25) is 5.82 Å². The monoisotopic (exact) mass is 446 g/mol. The summed E-state index contributed by atoms with van der Waals surface area (Å²) in [6.07, 6.45) is -3.50. The van der Waals surface area contributed by atoms with E-state index in [1.807, 2.05) is 23.1 Å². The van der Waals surface area contributed by atoms with Gasteiger partial charge >= 0.3 is 5.97 Å². The highest BCUT2D eigenvalue weighted by atomic mass is 16.6. The SMILES string of the molecule is NC(=O)c1ncn(C2OC(COC(=O)CN3CCN(c4ccccc4)CC3)C(O)[C@H]2O)n1. The molecule has 4 N–H and O–H groups in total. The molecule has 0 saturated carbocycles. The number of benzene rings is 1. The second kappa shape index (κ2) is 9.61. The van der Waals surface area contributed by atoms with Crippen molar-refractivity contribution >= 4 is 17.6 Å². The number of para-hydroxylation sites is 1. The van der Waals surface area contributed by atoms with Crippen LogP contribution >= 0.6 is 0 Å². The first-order valence-electron chi connectivity index (χ1n) is 10.3. The van der Waals surface area contributed by atoms with Crippen LogP contribution in [0.4, 0.5) is 5.69 Å². The zero-order valence-electron chi connectivity index (χ0n) is 17.4. The van der Waals surface area contributed by atoms with Crippen molar-refractivity contribution in [3.63, 3.8) is 0 Å². The fraction of sp³-hybridized carbons (Fsp3) is 0.500. The highest BCUT2D eigenvalue weighted by Gasteiger charge is 2.45. The van der Waals surface area contributed by atoms with Crippen molar-refractivity contribution in [2.24, 2.45) is 5.73 Å². The molecule has 32 heavy (non-hydrogen) atoms. The third-order valence-corrected chi connectivity index (χ3v) is 5.58. The number of aromatic nitrogens is 3. The first kappa shape index (κ1) is 22.1. The van der Waals surface area contributed by atoms with E-state index in [-0.39, 0.29) is 19.0 Å². The van der Waals surface area contributed by atoms with Crippen LogP contribution in [0, 0.1) is 0 Å². The molecule has 2 fully saturated rings. The van der Waals surface area contributed by atoms with Gasteiger partial charge in [0.1, 0.15) is 31.2 Å². The van der Waals surface area contributed by atoms with E-state index >= 15 is 0 Å². The standard InChI is InChI=1S/C20H26N6O6/c21-18(30)19-22-12-26(23-19)20-17(29)16(28)14(32-20)11-31-15(27)10-24-6-8-25(9-7-24)13-4-2-1-3-5-13/h1-5,12,14,16-17,20,28-29H,6-11H2,(H2,21,30)/t14?,16?,17-,20?/m1/s1. The van der Waals surface area contributed by atoms with Gasteiger partial charge in [-0.25, -0.2) is 9.67 Å². The van der Waals surface area contributed by atoms with Crippen LogP contribution in [-0.4, -0.2) is 99.4 Å². The molecule has 1 aromatic heterocycles. The number of hydrogen-bond donors (Lipinski definition) is 3. The predicted octanol–water partition coefficient (Wildman–Crippen LogP) is -1.64. The van der Waals surface area contributed by atoms with E-state index in [1.165, 1.54) is 6.33 Å². The minimum Gasteiger partial charge on any atom is -0.462 e. The molecule has 0 spiro atoms. The number of ether oxygens (including phenoxy) is 2. The van der Waals surface area contributed by atoms with Gasteiger partial charge in [-0.05, 0) is 12.1 Å². The van der Waals surface area contributed by atoms with Crippen molar-refractivity contribution in [1.82, 2.24) is 19.7 Å². The Morgan fingerprint density at radius 1 is 1.12 bits per heavy atom. The van der Waals surface area contributed by atoms with Crippen LogP contribution in [0.2, 0.25) is 0 Å². The number of esters is 1. The highest BCUT2D eigenvalue weighted by molar-refractivity contribution is 5.88. The van der Waals surface area contributed by atoms with E-state index in [0.717, 1.165) is 36.5 Å². The van der Waals surface area contributed by atoms with Crippen LogP contribution in [0.15, 0.2) is 36.7 Å². The molecule has 2 saturated heterocycles. The molecule has 12 nitrogen and oxygen atoms in total. The highest BCUT2D eigenvalue weighted by Crippen LogP contribution is 2.29. The molecule has 12 heteroatoms. The van der Waals surface area contributed by atoms with E-state index in [1.54, 1.807) is 0 Å². The number of piperazine rings is 1. The van der Waals surface area contributed by atoms with Gasteiger partial charge in [0.15, 0.2) is 6.23 Å². The van der Waals surface area contributed by atoms with Crippen molar-refractivity contribution < 1.29 is 29.3 Å². The molecule has 4 rings (SSSR count). The van der Waals surface area contributed by atoms with Crippen LogP contribution in [-0.2, 0) is 14.3 Å². The molecular formula is C20H26N6O6. The Hall–Kier alpha value is -3.06. The molecular weight excluding hydrogens is 420 g/mol. The van der Waals surface area contributed by atoms with Crippen LogP contribution in [0.5, 0.6) is 0 Å². The first-order valence-corrected chi connectivity index (χ1v) is 10.3. The molecule has 4 atom stereocenters. The Bertz CT molecular complexity index is 932. The summed E-state index contributed by atoms with van der Waals surface area (Å²) in [6, 6.07) is 10.1. The third kappa shape index (κ3) is 4.88. The number of carbonyl (C=O) groups is 2. The molecule has 0 aliphatic carbocycles. The van der Waals surface area contributed by atoms with Gasteiger partial charge < -0.3 is 30.3 Å². The zero-order chi connectivity index (χ0) is 22.7. The molecule has 2 aromatic rings. The second-order valence-corrected chi connectivity index (χ2v) is 7.74. The summed E-state index contributed by atoms with van der Waals surface area (Å²) in [6.45, 7) is 2.96. The van der Waals surface area contributed by atoms with E-state index in [9.17, 15) is 19.8 Å². The molecule has 0 radical (unpaired) electrons. The maximum absolute atomic E-state index is 12.3. The van der Waals surface area contributed by atoms with E-state index < -0.39 is 36.4 Å². The molecule has 3 unspecified atom stereocenters. The Morgan fingerprint density at radius 3 is 2.50 bits per heavy atom. The molecule has 172 valence electrons. The number of aliphatic hydroxyl groups excluding tert-OH is 2. The average molecular weight is 446 g/mol. The smallest absolute Gasteiger partial charge is 0.320 e. The fourth-order valence-corrected chi connectivity index (χ4v) is 3.80. The minimum atomic E-state index is -1.34. The quantitative estimate of drug-likeness (QED) is 0.422. The van der Waals surface area contributed by atoms with Crippen molar-refractivity contribution in [1.29, 1.82) is 0 Å². The van der Waals surface area contributed by atoms with Crippen molar-refractivity contribution in [3.05, 3.63) is 42.5 Å². The third-order valence-electron chi connectivity index (χ3n) is 5.58. The van der Waals surface area contributed by atoms with Crippen molar-refractivity contribution in [2.45, 2.75) is 24.5 Å². The fourth-order valence-electron chi connectivity index (χ4n) is 3.80. The summed E-state index contributed by atoms with van der Waals surface area (Å²) in [5.74, 6) is -1.51. The normalized spacial score (nSPS) is 26.2. The number of hydrogen-bond acceptors (Lipinski definition) is 10. The number of aliphatic hydroxyl groups is 2. The zero-order valence-corrected chi connectivity index (χ0v) is 17.4. The van der Waals surface area contributed by atoms with Gasteiger partial charge in [-0.1, -0.05) is 18.2 Å². The largest absolute Gasteiger partial charge is 0.462 e. The molecule has 2 aliphatic heterocycles. The van der Waals surface area contributed by atoms with E-state index in [2.05, 4.69) is 27.1 Å². The lowest BCUT2D eigenvalue weighted by Gasteiger charge is -2.35. The molecule has 0 bridgehead atoms. The van der Waals surface area contributed by atoms with Crippen LogP contribution < -0.4 is 10.6 Å². The maximum atomic E-state index is 12.3.